The van der Waals surface area contributed by atoms with E-state index in [0.717, 1.165) is 43.0 Å². The molecule has 29 heavy (non-hydrogen) atoms. The van der Waals surface area contributed by atoms with Crippen LogP contribution >= 0.6 is 0 Å². The lowest BCUT2D eigenvalue weighted by molar-refractivity contribution is -0.120. The Bertz CT molecular complexity index is 893. The van der Waals surface area contributed by atoms with Crippen LogP contribution in [0, 0.1) is 5.92 Å². The Balaban J connectivity index is 1.21. The number of nitrogens with one attached hydrogen (secondary N) is 2. The number of carbonyl (C=O) groups excluding carboxylic acids is 1. The fourth-order valence-corrected chi connectivity index (χ4v) is 3.90. The standard InChI is InChI=1S/C23H27N5O/c29-23(27-15-20-5-8-24-9-6-20)14-19-3-1-18(2-4-19)13-21-7-12-28(16-21)17-22-25-10-11-26-22/h1-6,8-11,21H,7,12-17H2,(H,25,26)(H,27,29). The molecule has 2 aromatic heterocycles. The van der Waals surface area contributed by atoms with E-state index in [1.54, 1.807) is 12.4 Å². The summed E-state index contributed by atoms with van der Waals surface area (Å²) in [4.78, 5) is 26.1. The first-order chi connectivity index (χ1) is 14.2. The number of hydrogen-bond donors (Lipinski definition) is 2. The number of aromatic nitrogens is 3. The van der Waals surface area contributed by atoms with Gasteiger partial charge >= 0.3 is 0 Å². The summed E-state index contributed by atoms with van der Waals surface area (Å²) in [6, 6.07) is 12.3. The van der Waals surface area contributed by atoms with Crippen LogP contribution in [0.1, 0.15) is 28.9 Å². The van der Waals surface area contributed by atoms with E-state index in [1.165, 1.54) is 12.0 Å². The number of imidazole rings is 1. The average Bonchev–Trinajstić information content (AvgIpc) is 3.41. The molecule has 3 aromatic rings. The van der Waals surface area contributed by atoms with Crippen molar-refractivity contribution in [1.29, 1.82) is 0 Å². The van der Waals surface area contributed by atoms with Crippen molar-refractivity contribution in [1.82, 2.24) is 25.2 Å². The van der Waals surface area contributed by atoms with Crippen LogP contribution < -0.4 is 5.32 Å². The van der Waals surface area contributed by atoms with Gasteiger partial charge in [0.25, 0.3) is 0 Å². The molecule has 1 fully saturated rings. The van der Waals surface area contributed by atoms with Gasteiger partial charge in [0.05, 0.1) is 13.0 Å². The van der Waals surface area contributed by atoms with Crippen LogP contribution in [0.25, 0.3) is 0 Å². The molecule has 1 unspecified atom stereocenters. The Morgan fingerprint density at radius 1 is 1.07 bits per heavy atom. The van der Waals surface area contributed by atoms with E-state index in [4.69, 9.17) is 0 Å². The topological polar surface area (TPSA) is 73.9 Å². The second-order valence-corrected chi connectivity index (χ2v) is 7.76. The van der Waals surface area contributed by atoms with E-state index >= 15 is 0 Å². The molecule has 150 valence electrons. The lowest BCUT2D eigenvalue weighted by atomic mass is 9.97. The van der Waals surface area contributed by atoms with Crippen molar-refractivity contribution >= 4 is 5.91 Å². The van der Waals surface area contributed by atoms with E-state index < -0.39 is 0 Å². The van der Waals surface area contributed by atoms with E-state index in [-0.39, 0.29) is 5.91 Å². The van der Waals surface area contributed by atoms with Gasteiger partial charge in [-0.25, -0.2) is 4.98 Å². The van der Waals surface area contributed by atoms with E-state index in [9.17, 15) is 4.79 Å². The lowest BCUT2D eigenvalue weighted by Crippen LogP contribution is -2.24. The maximum Gasteiger partial charge on any atom is 0.224 e. The van der Waals surface area contributed by atoms with Crippen molar-refractivity contribution < 1.29 is 4.79 Å². The largest absolute Gasteiger partial charge is 0.352 e. The second-order valence-electron chi connectivity index (χ2n) is 7.76. The number of H-pyrrole nitrogens is 1. The number of nitrogens with zero attached hydrogens (tertiary/aromatic N) is 3. The van der Waals surface area contributed by atoms with Gasteiger partial charge in [-0.2, -0.15) is 0 Å². The fraction of sp³-hybridized carbons (Fsp3) is 0.348. The number of carbonyl (C=O) groups is 1. The number of benzene rings is 1. The summed E-state index contributed by atoms with van der Waals surface area (Å²) < 4.78 is 0. The SMILES string of the molecule is O=C(Cc1ccc(CC2CCN(Cc3ncc[nH]3)C2)cc1)NCc1ccncc1. The Kier molecular flexibility index (Phi) is 6.32. The predicted octanol–water partition coefficient (Wildman–Crippen LogP) is 2.73. The normalized spacial score (nSPS) is 16.8. The third-order valence-electron chi connectivity index (χ3n) is 5.45. The molecule has 1 aliphatic rings. The van der Waals surface area contributed by atoms with Crippen LogP contribution in [-0.2, 0) is 30.7 Å². The van der Waals surface area contributed by atoms with E-state index in [2.05, 4.69) is 49.4 Å². The minimum Gasteiger partial charge on any atom is -0.352 e. The maximum absolute atomic E-state index is 12.2. The third-order valence-corrected chi connectivity index (χ3v) is 5.45. The first-order valence-corrected chi connectivity index (χ1v) is 10.2. The van der Waals surface area contributed by atoms with Gasteiger partial charge in [-0.05, 0) is 54.1 Å². The van der Waals surface area contributed by atoms with Gasteiger partial charge in [-0.3, -0.25) is 14.7 Å². The Morgan fingerprint density at radius 2 is 1.86 bits per heavy atom. The zero-order valence-electron chi connectivity index (χ0n) is 16.6. The minimum absolute atomic E-state index is 0.0407. The van der Waals surface area contributed by atoms with Crippen molar-refractivity contribution in [2.45, 2.75) is 32.4 Å². The molecule has 4 rings (SSSR count). The molecule has 1 amide bonds. The van der Waals surface area contributed by atoms with Gasteiger partial charge in [0.2, 0.25) is 5.91 Å². The Morgan fingerprint density at radius 3 is 2.62 bits per heavy atom. The highest BCUT2D eigenvalue weighted by molar-refractivity contribution is 5.78. The highest BCUT2D eigenvalue weighted by atomic mass is 16.1. The van der Waals surface area contributed by atoms with Crippen molar-refractivity contribution in [2.75, 3.05) is 13.1 Å². The third kappa shape index (κ3) is 5.74. The molecule has 0 bridgehead atoms. The fourth-order valence-electron chi connectivity index (χ4n) is 3.90. The molecule has 0 radical (unpaired) electrons. The summed E-state index contributed by atoms with van der Waals surface area (Å²) in [5.41, 5.74) is 3.45. The second kappa shape index (κ2) is 9.47. The number of likely N-dealkylation sites (tertiary alicyclic amines) is 1. The van der Waals surface area contributed by atoms with Gasteiger partial charge in [-0.15, -0.1) is 0 Å². The summed E-state index contributed by atoms with van der Waals surface area (Å²) in [6.45, 7) is 3.67. The number of pyridine rings is 1. The van der Waals surface area contributed by atoms with Crippen LogP contribution in [0.15, 0.2) is 61.2 Å². The summed E-state index contributed by atoms with van der Waals surface area (Å²) in [6.07, 6.45) is 9.88. The molecule has 1 saturated heterocycles. The molecule has 6 nitrogen and oxygen atoms in total. The number of amides is 1. The highest BCUT2D eigenvalue weighted by Crippen LogP contribution is 2.22. The molecule has 0 spiro atoms. The van der Waals surface area contributed by atoms with Crippen LogP contribution in [0.3, 0.4) is 0 Å². The van der Waals surface area contributed by atoms with Gasteiger partial charge in [0.1, 0.15) is 5.82 Å². The molecule has 1 aliphatic heterocycles. The lowest BCUT2D eigenvalue weighted by Gasteiger charge is -2.14. The monoisotopic (exact) mass is 389 g/mol. The van der Waals surface area contributed by atoms with Crippen molar-refractivity contribution in [3.05, 3.63) is 83.7 Å². The zero-order chi connectivity index (χ0) is 19.9. The number of aromatic amines is 1. The summed E-state index contributed by atoms with van der Waals surface area (Å²) in [7, 11) is 0. The number of rotatable bonds is 8. The van der Waals surface area contributed by atoms with Gasteiger partial charge < -0.3 is 10.3 Å². The average molecular weight is 390 g/mol. The molecule has 0 aliphatic carbocycles. The molecule has 0 saturated carbocycles. The highest BCUT2D eigenvalue weighted by Gasteiger charge is 2.23. The van der Waals surface area contributed by atoms with Crippen LogP contribution in [0.4, 0.5) is 0 Å². The molecule has 1 aromatic carbocycles. The molecule has 3 heterocycles. The van der Waals surface area contributed by atoms with Crippen molar-refractivity contribution in [2.24, 2.45) is 5.92 Å². The number of hydrogen-bond acceptors (Lipinski definition) is 4. The molecule has 1 atom stereocenters. The first kappa shape index (κ1) is 19.3. The first-order valence-electron chi connectivity index (χ1n) is 10.2. The quantitative estimate of drug-likeness (QED) is 0.621. The minimum atomic E-state index is 0.0407. The summed E-state index contributed by atoms with van der Waals surface area (Å²) >= 11 is 0. The van der Waals surface area contributed by atoms with Gasteiger partial charge in [0, 0.05) is 37.9 Å². The summed E-state index contributed by atoms with van der Waals surface area (Å²) in [5.74, 6) is 1.76. The molecular formula is C23H27N5O. The maximum atomic E-state index is 12.2. The van der Waals surface area contributed by atoms with Gasteiger partial charge in [0.15, 0.2) is 0 Å². The Hall–Kier alpha value is -2.99. The van der Waals surface area contributed by atoms with Crippen LogP contribution in [0.5, 0.6) is 0 Å². The van der Waals surface area contributed by atoms with Crippen molar-refractivity contribution in [3.63, 3.8) is 0 Å². The smallest absolute Gasteiger partial charge is 0.224 e. The summed E-state index contributed by atoms with van der Waals surface area (Å²) in [5, 5.41) is 2.96. The van der Waals surface area contributed by atoms with Crippen molar-refractivity contribution in [3.8, 4) is 0 Å². The zero-order valence-corrected chi connectivity index (χ0v) is 16.6. The van der Waals surface area contributed by atoms with Crippen LogP contribution in [-0.4, -0.2) is 38.8 Å². The van der Waals surface area contributed by atoms with Gasteiger partial charge in [-0.1, -0.05) is 24.3 Å². The van der Waals surface area contributed by atoms with E-state index in [1.807, 2.05) is 24.5 Å². The Labute approximate surface area is 171 Å². The van der Waals surface area contributed by atoms with E-state index in [0.29, 0.717) is 18.9 Å². The molecular weight excluding hydrogens is 362 g/mol. The molecule has 6 heteroatoms. The predicted molar refractivity (Wildman–Crippen MR) is 112 cm³/mol. The molecule has 2 N–H and O–H groups in total. The van der Waals surface area contributed by atoms with Crippen LogP contribution in [0.2, 0.25) is 0 Å².